The number of nitro groups is 2. The first-order valence-electron chi connectivity index (χ1n) is 7.74. The molecule has 1 aliphatic carbocycles. The van der Waals surface area contributed by atoms with Gasteiger partial charge in [-0.3, -0.25) is 20.2 Å². The molecule has 6 nitrogen and oxygen atoms in total. The molecule has 0 amide bonds. The van der Waals surface area contributed by atoms with Crippen LogP contribution in [0.15, 0.2) is 45.3 Å². The van der Waals surface area contributed by atoms with Gasteiger partial charge in [-0.2, -0.15) is 0 Å². The van der Waals surface area contributed by atoms with Gasteiger partial charge in [0.1, 0.15) is 0 Å². The summed E-state index contributed by atoms with van der Waals surface area (Å²) in [7, 11) is 0. The summed E-state index contributed by atoms with van der Waals surface area (Å²) in [6, 6.07) is 10.3. The summed E-state index contributed by atoms with van der Waals surface area (Å²) in [5, 5.41) is 22.6. The van der Waals surface area contributed by atoms with E-state index in [1.165, 1.54) is 0 Å². The zero-order chi connectivity index (χ0) is 18.2. The Balaban J connectivity index is 2.19. The number of benzene rings is 2. The summed E-state index contributed by atoms with van der Waals surface area (Å²) >= 11 is 6.43. The SMILES string of the molecule is O=[N+]([O-])c1cc(C2(c3ccc(Br)c([N+](=O)[O-])c3)CCCC2)ccc1Br. The van der Waals surface area contributed by atoms with E-state index in [9.17, 15) is 20.2 Å². The first-order valence-corrected chi connectivity index (χ1v) is 9.32. The van der Waals surface area contributed by atoms with Gasteiger partial charge in [-0.15, -0.1) is 0 Å². The van der Waals surface area contributed by atoms with Crippen LogP contribution in [-0.2, 0) is 5.41 Å². The van der Waals surface area contributed by atoms with Gasteiger partial charge in [-0.25, -0.2) is 0 Å². The molecule has 0 spiro atoms. The molecule has 1 aliphatic rings. The van der Waals surface area contributed by atoms with Crippen molar-refractivity contribution < 1.29 is 9.85 Å². The lowest BCUT2D eigenvalue weighted by Crippen LogP contribution is -2.24. The first kappa shape index (κ1) is 18.0. The standard InChI is InChI=1S/C17H14Br2N2O4/c18-13-5-3-11(9-15(13)20(22)23)17(7-1-2-8-17)12-4-6-14(19)16(10-12)21(24)25/h3-6,9-10H,1-2,7-8H2. The molecule has 2 aromatic carbocycles. The van der Waals surface area contributed by atoms with Crippen molar-refractivity contribution in [1.82, 2.24) is 0 Å². The summed E-state index contributed by atoms with van der Waals surface area (Å²) < 4.78 is 0.854. The average molecular weight is 470 g/mol. The average Bonchev–Trinajstić information content (AvgIpc) is 3.06. The number of hydrogen-bond acceptors (Lipinski definition) is 4. The van der Waals surface area contributed by atoms with Crippen LogP contribution in [0.2, 0.25) is 0 Å². The molecular formula is C17H14Br2N2O4. The Morgan fingerprint density at radius 1 is 0.800 bits per heavy atom. The molecule has 0 unspecified atom stereocenters. The normalized spacial score (nSPS) is 15.9. The fraction of sp³-hybridized carbons (Fsp3) is 0.294. The van der Waals surface area contributed by atoms with Crippen molar-refractivity contribution in [3.63, 3.8) is 0 Å². The molecule has 0 saturated heterocycles. The molecular weight excluding hydrogens is 456 g/mol. The minimum Gasteiger partial charge on any atom is -0.258 e. The van der Waals surface area contributed by atoms with Crippen molar-refractivity contribution in [3.05, 3.63) is 76.7 Å². The maximum absolute atomic E-state index is 11.3. The van der Waals surface area contributed by atoms with Crippen LogP contribution in [0.5, 0.6) is 0 Å². The topological polar surface area (TPSA) is 86.3 Å². The molecule has 1 saturated carbocycles. The van der Waals surface area contributed by atoms with E-state index in [1.54, 1.807) is 24.3 Å². The van der Waals surface area contributed by atoms with Crippen molar-refractivity contribution in [2.75, 3.05) is 0 Å². The fourth-order valence-corrected chi connectivity index (χ4v) is 4.41. The van der Waals surface area contributed by atoms with E-state index in [1.807, 2.05) is 12.1 Å². The minimum absolute atomic E-state index is 0.00962. The quantitative estimate of drug-likeness (QED) is 0.412. The van der Waals surface area contributed by atoms with Gasteiger partial charge in [0.25, 0.3) is 11.4 Å². The predicted molar refractivity (Wildman–Crippen MR) is 101 cm³/mol. The van der Waals surface area contributed by atoms with Gasteiger partial charge in [-0.05, 0) is 68.0 Å². The van der Waals surface area contributed by atoms with Crippen LogP contribution in [-0.4, -0.2) is 9.85 Å². The van der Waals surface area contributed by atoms with Gasteiger partial charge in [-0.1, -0.05) is 25.0 Å². The first-order chi connectivity index (χ1) is 11.8. The van der Waals surface area contributed by atoms with Crippen LogP contribution in [0, 0.1) is 20.2 Å². The molecule has 3 rings (SSSR count). The largest absolute Gasteiger partial charge is 0.283 e. The lowest BCUT2D eigenvalue weighted by Gasteiger charge is -2.30. The fourth-order valence-electron chi connectivity index (χ4n) is 3.62. The monoisotopic (exact) mass is 468 g/mol. The smallest absolute Gasteiger partial charge is 0.258 e. The van der Waals surface area contributed by atoms with E-state index < -0.39 is 15.3 Å². The highest BCUT2D eigenvalue weighted by Crippen LogP contribution is 2.49. The van der Waals surface area contributed by atoms with E-state index in [0.29, 0.717) is 8.95 Å². The van der Waals surface area contributed by atoms with Gasteiger partial charge in [0.15, 0.2) is 0 Å². The number of hydrogen-bond donors (Lipinski definition) is 0. The zero-order valence-corrected chi connectivity index (χ0v) is 16.2. The highest BCUT2D eigenvalue weighted by molar-refractivity contribution is 9.11. The molecule has 8 heteroatoms. The molecule has 1 fully saturated rings. The van der Waals surface area contributed by atoms with Crippen LogP contribution < -0.4 is 0 Å². The number of halogens is 2. The van der Waals surface area contributed by atoms with Crippen LogP contribution in [0.1, 0.15) is 36.8 Å². The van der Waals surface area contributed by atoms with Gasteiger partial charge in [0, 0.05) is 17.5 Å². The van der Waals surface area contributed by atoms with Crippen molar-refractivity contribution >= 4 is 43.2 Å². The Hall–Kier alpha value is -1.80. The Bertz CT molecular complexity index is 798. The predicted octanol–water partition coefficient (Wildman–Crippen LogP) is 5.89. The second-order valence-electron chi connectivity index (χ2n) is 6.14. The Kier molecular flexibility index (Phi) is 4.92. The molecule has 25 heavy (non-hydrogen) atoms. The maximum atomic E-state index is 11.3. The van der Waals surface area contributed by atoms with Crippen LogP contribution in [0.3, 0.4) is 0 Å². The van der Waals surface area contributed by atoms with E-state index >= 15 is 0 Å². The number of rotatable bonds is 4. The van der Waals surface area contributed by atoms with Gasteiger partial charge in [0.2, 0.25) is 0 Å². The molecule has 0 atom stereocenters. The Morgan fingerprint density at radius 3 is 1.56 bits per heavy atom. The molecule has 0 N–H and O–H groups in total. The molecule has 0 aliphatic heterocycles. The molecule has 130 valence electrons. The van der Waals surface area contributed by atoms with Gasteiger partial charge < -0.3 is 0 Å². The van der Waals surface area contributed by atoms with Crippen LogP contribution in [0.4, 0.5) is 11.4 Å². The molecule has 0 aromatic heterocycles. The summed E-state index contributed by atoms with van der Waals surface area (Å²) in [6.45, 7) is 0. The van der Waals surface area contributed by atoms with E-state index in [4.69, 9.17) is 0 Å². The molecule has 0 radical (unpaired) electrons. The van der Waals surface area contributed by atoms with E-state index in [-0.39, 0.29) is 11.4 Å². The van der Waals surface area contributed by atoms with Crippen molar-refractivity contribution in [2.45, 2.75) is 31.1 Å². The minimum atomic E-state index is -0.434. The lowest BCUT2D eigenvalue weighted by molar-refractivity contribution is -0.385. The van der Waals surface area contributed by atoms with Gasteiger partial charge in [0.05, 0.1) is 18.8 Å². The zero-order valence-electron chi connectivity index (χ0n) is 13.1. The second-order valence-corrected chi connectivity index (χ2v) is 7.84. The number of nitrogens with zero attached hydrogens (tertiary/aromatic N) is 2. The second kappa shape index (κ2) is 6.84. The van der Waals surface area contributed by atoms with Crippen molar-refractivity contribution in [3.8, 4) is 0 Å². The van der Waals surface area contributed by atoms with Crippen molar-refractivity contribution in [2.24, 2.45) is 0 Å². The third-order valence-electron chi connectivity index (χ3n) is 4.85. The highest BCUT2D eigenvalue weighted by atomic mass is 79.9. The van der Waals surface area contributed by atoms with Gasteiger partial charge >= 0.3 is 0 Å². The molecule has 0 bridgehead atoms. The number of nitro benzene ring substituents is 2. The van der Waals surface area contributed by atoms with Crippen molar-refractivity contribution in [1.29, 1.82) is 0 Å². The Morgan fingerprint density at radius 2 is 1.20 bits per heavy atom. The highest BCUT2D eigenvalue weighted by Gasteiger charge is 2.39. The van der Waals surface area contributed by atoms with Crippen LogP contribution >= 0.6 is 31.9 Å². The maximum Gasteiger partial charge on any atom is 0.283 e. The van der Waals surface area contributed by atoms with E-state index in [0.717, 1.165) is 36.8 Å². The summed E-state index contributed by atoms with van der Waals surface area (Å²) in [6.07, 6.45) is 3.58. The van der Waals surface area contributed by atoms with E-state index in [2.05, 4.69) is 31.9 Å². The van der Waals surface area contributed by atoms with Crippen LogP contribution in [0.25, 0.3) is 0 Å². The third-order valence-corrected chi connectivity index (χ3v) is 6.19. The summed E-state index contributed by atoms with van der Waals surface area (Å²) in [5.41, 5.74) is 1.25. The third kappa shape index (κ3) is 3.20. The lowest BCUT2D eigenvalue weighted by atomic mass is 9.73. The summed E-state index contributed by atoms with van der Waals surface area (Å²) in [5.74, 6) is 0. The molecule has 0 heterocycles. The molecule has 2 aromatic rings. The summed E-state index contributed by atoms with van der Waals surface area (Å²) in [4.78, 5) is 21.8. The Labute approximate surface area is 160 Å².